The fourth-order valence-corrected chi connectivity index (χ4v) is 2.08. The summed E-state index contributed by atoms with van der Waals surface area (Å²) in [5, 5.41) is 0. The lowest BCUT2D eigenvalue weighted by Crippen LogP contribution is -2.35. The molecular weight excluding hydrogens is 222 g/mol. The Balaban J connectivity index is 2.77. The Hall–Kier alpha value is -1.02. The minimum absolute atomic E-state index is 0.176. The van der Waals surface area contributed by atoms with E-state index in [-0.39, 0.29) is 11.5 Å². The third kappa shape index (κ3) is 3.74. The lowest BCUT2D eigenvalue weighted by Gasteiger charge is -2.27. The van der Waals surface area contributed by atoms with Gasteiger partial charge < -0.3 is 10.5 Å². The molecule has 1 unspecified atom stereocenters. The van der Waals surface area contributed by atoms with E-state index in [9.17, 15) is 0 Å². The molecule has 0 fully saturated rings. The molecule has 0 bridgehead atoms. The predicted octanol–water partition coefficient (Wildman–Crippen LogP) is 3.62. The Labute approximate surface area is 112 Å². The Kier molecular flexibility index (Phi) is 4.80. The third-order valence-corrected chi connectivity index (χ3v) is 3.69. The van der Waals surface area contributed by atoms with E-state index in [1.807, 2.05) is 0 Å². The number of nitrogens with two attached hydrogens (primary N) is 1. The Bertz CT molecular complexity index is 404. The second-order valence-electron chi connectivity index (χ2n) is 6.26. The van der Waals surface area contributed by atoms with E-state index in [1.54, 1.807) is 7.11 Å². The van der Waals surface area contributed by atoms with Gasteiger partial charge in [-0.15, -0.1) is 0 Å². The molecule has 2 nitrogen and oxygen atoms in total. The minimum atomic E-state index is 0.176. The Morgan fingerprint density at radius 2 is 1.78 bits per heavy atom. The van der Waals surface area contributed by atoms with Gasteiger partial charge in [0.05, 0.1) is 7.11 Å². The average Bonchev–Trinajstić information content (AvgIpc) is 2.27. The molecule has 0 saturated carbocycles. The number of rotatable bonds is 4. The van der Waals surface area contributed by atoms with Crippen molar-refractivity contribution in [3.8, 4) is 5.75 Å². The molecule has 0 aliphatic rings. The zero-order chi connectivity index (χ0) is 13.9. The molecule has 1 atom stereocenters. The number of benzene rings is 1. The van der Waals surface area contributed by atoms with Crippen LogP contribution in [0.4, 0.5) is 0 Å². The van der Waals surface area contributed by atoms with E-state index >= 15 is 0 Å². The van der Waals surface area contributed by atoms with Gasteiger partial charge in [0.1, 0.15) is 5.75 Å². The minimum Gasteiger partial charge on any atom is -0.496 e. The number of hydrogen-bond donors (Lipinski definition) is 1. The Morgan fingerprint density at radius 3 is 2.28 bits per heavy atom. The van der Waals surface area contributed by atoms with Gasteiger partial charge in [0.15, 0.2) is 0 Å². The van der Waals surface area contributed by atoms with Crippen LogP contribution in [0.5, 0.6) is 5.75 Å². The number of methoxy groups -OCH3 is 1. The van der Waals surface area contributed by atoms with Gasteiger partial charge in [-0.25, -0.2) is 0 Å². The number of aryl methyl sites for hydroxylation is 3. The fraction of sp³-hybridized carbons (Fsp3) is 0.625. The molecule has 1 aromatic carbocycles. The highest BCUT2D eigenvalue weighted by atomic mass is 16.5. The highest BCUT2D eigenvalue weighted by Crippen LogP contribution is 2.26. The molecule has 0 aliphatic heterocycles. The first-order valence-electron chi connectivity index (χ1n) is 6.65. The number of hydrogen-bond acceptors (Lipinski definition) is 2. The SMILES string of the molecule is COc1cc(C)c(CCC(N)C(C)(C)C)cc1C. The average molecular weight is 249 g/mol. The van der Waals surface area contributed by atoms with Crippen LogP contribution in [0.1, 0.15) is 43.9 Å². The molecule has 1 aromatic rings. The lowest BCUT2D eigenvalue weighted by atomic mass is 9.83. The van der Waals surface area contributed by atoms with Crippen LogP contribution in [0.25, 0.3) is 0 Å². The van der Waals surface area contributed by atoms with Gasteiger partial charge >= 0.3 is 0 Å². The van der Waals surface area contributed by atoms with E-state index in [0.29, 0.717) is 0 Å². The van der Waals surface area contributed by atoms with Crippen LogP contribution in [-0.2, 0) is 6.42 Å². The highest BCUT2D eigenvalue weighted by molar-refractivity contribution is 5.41. The summed E-state index contributed by atoms with van der Waals surface area (Å²) in [5.74, 6) is 0.969. The van der Waals surface area contributed by atoms with Gasteiger partial charge in [0, 0.05) is 6.04 Å². The second kappa shape index (κ2) is 5.75. The molecule has 0 amide bonds. The van der Waals surface area contributed by atoms with Gasteiger partial charge in [0.2, 0.25) is 0 Å². The fourth-order valence-electron chi connectivity index (χ4n) is 2.08. The number of ether oxygens (including phenoxy) is 1. The van der Waals surface area contributed by atoms with Gasteiger partial charge in [-0.3, -0.25) is 0 Å². The van der Waals surface area contributed by atoms with E-state index in [2.05, 4.69) is 46.8 Å². The summed E-state index contributed by atoms with van der Waals surface area (Å²) >= 11 is 0. The maximum atomic E-state index is 6.22. The summed E-state index contributed by atoms with van der Waals surface area (Å²) in [7, 11) is 1.72. The molecular formula is C16H27NO. The summed E-state index contributed by atoms with van der Waals surface area (Å²) in [6.07, 6.45) is 2.06. The standard InChI is InChI=1S/C16H27NO/c1-11-10-14(18-6)12(2)9-13(11)7-8-15(17)16(3,4)5/h9-10,15H,7-8,17H2,1-6H3. The van der Waals surface area contributed by atoms with Crippen molar-refractivity contribution in [1.29, 1.82) is 0 Å². The highest BCUT2D eigenvalue weighted by Gasteiger charge is 2.20. The zero-order valence-corrected chi connectivity index (χ0v) is 12.6. The summed E-state index contributed by atoms with van der Waals surface area (Å²) < 4.78 is 5.34. The molecule has 18 heavy (non-hydrogen) atoms. The molecule has 102 valence electrons. The molecule has 0 aliphatic carbocycles. The van der Waals surface area contributed by atoms with Crippen LogP contribution in [-0.4, -0.2) is 13.2 Å². The smallest absolute Gasteiger partial charge is 0.122 e. The van der Waals surface area contributed by atoms with Crippen LogP contribution in [0, 0.1) is 19.3 Å². The van der Waals surface area contributed by atoms with Crippen molar-refractivity contribution in [2.75, 3.05) is 7.11 Å². The topological polar surface area (TPSA) is 35.2 Å². The zero-order valence-electron chi connectivity index (χ0n) is 12.6. The van der Waals surface area contributed by atoms with Crippen LogP contribution in [0.15, 0.2) is 12.1 Å². The molecule has 0 aromatic heterocycles. The van der Waals surface area contributed by atoms with E-state index in [4.69, 9.17) is 10.5 Å². The first-order valence-corrected chi connectivity index (χ1v) is 6.65. The lowest BCUT2D eigenvalue weighted by molar-refractivity contribution is 0.306. The molecule has 0 heterocycles. The van der Waals surface area contributed by atoms with Crippen molar-refractivity contribution in [3.63, 3.8) is 0 Å². The van der Waals surface area contributed by atoms with Gasteiger partial charge in [-0.05, 0) is 54.9 Å². The molecule has 0 spiro atoms. The molecule has 0 saturated heterocycles. The van der Waals surface area contributed by atoms with Crippen LogP contribution < -0.4 is 10.5 Å². The normalized spacial score (nSPS) is 13.5. The van der Waals surface area contributed by atoms with Crippen molar-refractivity contribution in [2.24, 2.45) is 11.1 Å². The van der Waals surface area contributed by atoms with Crippen molar-refractivity contribution in [1.82, 2.24) is 0 Å². The van der Waals surface area contributed by atoms with Crippen molar-refractivity contribution < 1.29 is 4.74 Å². The van der Waals surface area contributed by atoms with Crippen molar-refractivity contribution in [2.45, 2.75) is 53.5 Å². The Morgan fingerprint density at radius 1 is 1.17 bits per heavy atom. The van der Waals surface area contributed by atoms with E-state index in [0.717, 1.165) is 18.6 Å². The molecule has 2 heteroatoms. The van der Waals surface area contributed by atoms with E-state index in [1.165, 1.54) is 16.7 Å². The summed E-state index contributed by atoms with van der Waals surface area (Å²) in [5.41, 5.74) is 10.3. The summed E-state index contributed by atoms with van der Waals surface area (Å²) in [6, 6.07) is 4.58. The van der Waals surface area contributed by atoms with Crippen LogP contribution in [0.3, 0.4) is 0 Å². The summed E-state index contributed by atoms with van der Waals surface area (Å²) in [6.45, 7) is 10.8. The van der Waals surface area contributed by atoms with Gasteiger partial charge in [-0.1, -0.05) is 26.8 Å². The summed E-state index contributed by atoms with van der Waals surface area (Å²) in [4.78, 5) is 0. The maximum absolute atomic E-state index is 6.22. The van der Waals surface area contributed by atoms with Crippen molar-refractivity contribution in [3.05, 3.63) is 28.8 Å². The monoisotopic (exact) mass is 249 g/mol. The largest absolute Gasteiger partial charge is 0.496 e. The molecule has 2 N–H and O–H groups in total. The maximum Gasteiger partial charge on any atom is 0.122 e. The third-order valence-electron chi connectivity index (χ3n) is 3.69. The molecule has 1 rings (SSSR count). The molecule has 0 radical (unpaired) electrons. The van der Waals surface area contributed by atoms with Gasteiger partial charge in [-0.2, -0.15) is 0 Å². The van der Waals surface area contributed by atoms with Crippen molar-refractivity contribution >= 4 is 0 Å². The van der Waals surface area contributed by atoms with Crippen LogP contribution >= 0.6 is 0 Å². The first-order chi connectivity index (χ1) is 8.25. The second-order valence-corrected chi connectivity index (χ2v) is 6.26. The first kappa shape index (κ1) is 15.0. The quantitative estimate of drug-likeness (QED) is 0.884. The van der Waals surface area contributed by atoms with Crippen LogP contribution in [0.2, 0.25) is 0 Å². The predicted molar refractivity (Wildman–Crippen MR) is 78.2 cm³/mol. The van der Waals surface area contributed by atoms with E-state index < -0.39 is 0 Å². The van der Waals surface area contributed by atoms with Gasteiger partial charge in [0.25, 0.3) is 0 Å².